The number of anilines is 1. The van der Waals surface area contributed by atoms with E-state index >= 15 is 0 Å². The number of H-pyrrole nitrogens is 1. The predicted molar refractivity (Wildman–Crippen MR) is 130 cm³/mol. The van der Waals surface area contributed by atoms with Gasteiger partial charge in [0, 0.05) is 37.8 Å². The second kappa shape index (κ2) is 10.4. The Kier molecular flexibility index (Phi) is 7.15. The van der Waals surface area contributed by atoms with Crippen molar-refractivity contribution in [3.8, 4) is 17.4 Å². The lowest BCUT2D eigenvalue weighted by Gasteiger charge is -2.27. The van der Waals surface area contributed by atoms with E-state index in [1.165, 1.54) is 6.33 Å². The summed E-state index contributed by atoms with van der Waals surface area (Å²) in [7, 11) is 1.58. The molecule has 0 fully saturated rings. The van der Waals surface area contributed by atoms with Crippen molar-refractivity contribution in [1.82, 2.24) is 19.9 Å². The summed E-state index contributed by atoms with van der Waals surface area (Å²) < 4.78 is 11.3. The molecule has 0 aliphatic carbocycles. The molecule has 3 heterocycles. The molecule has 1 aliphatic heterocycles. The van der Waals surface area contributed by atoms with E-state index in [4.69, 9.17) is 9.47 Å². The van der Waals surface area contributed by atoms with Crippen LogP contribution in [-0.2, 0) is 4.79 Å². The van der Waals surface area contributed by atoms with Crippen LogP contribution in [-0.4, -0.2) is 69.9 Å². The van der Waals surface area contributed by atoms with Crippen LogP contribution in [0.5, 0.6) is 17.4 Å². The number of aliphatic imine (C=N–C) groups is 1. The van der Waals surface area contributed by atoms with Crippen LogP contribution >= 0.6 is 0 Å². The van der Waals surface area contributed by atoms with Crippen LogP contribution in [0.2, 0.25) is 0 Å². The van der Waals surface area contributed by atoms with Crippen LogP contribution in [0.1, 0.15) is 38.7 Å². The third-order valence-corrected chi connectivity index (χ3v) is 5.70. The van der Waals surface area contributed by atoms with Crippen molar-refractivity contribution in [2.24, 2.45) is 4.99 Å². The summed E-state index contributed by atoms with van der Waals surface area (Å²) in [5, 5.41) is 14.5. The second-order valence-corrected chi connectivity index (χ2v) is 8.34. The maximum Gasteiger partial charge on any atom is 0.222 e. The number of hydrogen-bond donors (Lipinski definition) is 3. The molecule has 2 bridgehead atoms. The number of rotatable bonds is 2. The number of aromatic hydroxyl groups is 1. The van der Waals surface area contributed by atoms with E-state index in [0.29, 0.717) is 72.1 Å². The molecule has 2 aromatic heterocycles. The molecule has 1 amide bonds. The topological polar surface area (TPSA) is 125 Å². The molecule has 0 spiro atoms. The molecular formula is C24H30N6O4. The van der Waals surface area contributed by atoms with Crippen molar-refractivity contribution in [1.29, 1.82) is 0 Å². The first-order valence-corrected chi connectivity index (χ1v) is 11.4. The molecule has 34 heavy (non-hydrogen) atoms. The summed E-state index contributed by atoms with van der Waals surface area (Å²) in [6.07, 6.45) is 4.76. The lowest BCUT2D eigenvalue weighted by atomic mass is 10.2. The number of aromatic nitrogens is 3. The first-order valence-electron chi connectivity index (χ1n) is 11.4. The van der Waals surface area contributed by atoms with Crippen LogP contribution in [0.25, 0.3) is 11.0 Å². The van der Waals surface area contributed by atoms with Gasteiger partial charge in [0.15, 0.2) is 17.4 Å². The minimum atomic E-state index is -0.0433. The van der Waals surface area contributed by atoms with E-state index in [1.54, 1.807) is 31.5 Å². The smallest absolute Gasteiger partial charge is 0.222 e. The van der Waals surface area contributed by atoms with Crippen LogP contribution in [0.3, 0.4) is 0 Å². The Labute approximate surface area is 198 Å². The fourth-order valence-corrected chi connectivity index (χ4v) is 3.97. The van der Waals surface area contributed by atoms with Crippen molar-refractivity contribution >= 4 is 34.7 Å². The molecule has 3 N–H and O–H groups in total. The van der Waals surface area contributed by atoms with Gasteiger partial charge in [-0.15, -0.1) is 0 Å². The molecule has 180 valence electrons. The quantitative estimate of drug-likeness (QED) is 0.527. The van der Waals surface area contributed by atoms with Gasteiger partial charge in [-0.05, 0) is 38.8 Å². The van der Waals surface area contributed by atoms with Crippen LogP contribution < -0.4 is 14.8 Å². The average molecular weight is 467 g/mol. The summed E-state index contributed by atoms with van der Waals surface area (Å²) in [6.45, 7) is 5.66. The number of ether oxygens (including phenoxy) is 2. The molecule has 3 aromatic rings. The zero-order valence-corrected chi connectivity index (χ0v) is 19.7. The average Bonchev–Trinajstić information content (AvgIpc) is 3.15. The van der Waals surface area contributed by atoms with Crippen molar-refractivity contribution in [3.63, 3.8) is 0 Å². The number of aromatic amines is 1. The van der Waals surface area contributed by atoms with Crippen molar-refractivity contribution in [2.45, 2.75) is 39.2 Å². The van der Waals surface area contributed by atoms with Gasteiger partial charge in [-0.1, -0.05) is 0 Å². The van der Waals surface area contributed by atoms with Gasteiger partial charge in [0.1, 0.15) is 17.8 Å². The zero-order valence-electron chi connectivity index (χ0n) is 19.7. The summed E-state index contributed by atoms with van der Waals surface area (Å²) in [6, 6.07) is 5.44. The lowest BCUT2D eigenvalue weighted by Crippen LogP contribution is -2.38. The monoisotopic (exact) mass is 466 g/mol. The Morgan fingerprint density at radius 2 is 2.09 bits per heavy atom. The lowest BCUT2D eigenvalue weighted by molar-refractivity contribution is -0.133. The van der Waals surface area contributed by atoms with Gasteiger partial charge in [0.05, 0.1) is 30.4 Å². The van der Waals surface area contributed by atoms with Gasteiger partial charge in [-0.2, -0.15) is 0 Å². The highest BCUT2D eigenvalue weighted by Gasteiger charge is 2.18. The molecule has 0 saturated carbocycles. The Morgan fingerprint density at radius 3 is 2.88 bits per heavy atom. The fourth-order valence-electron chi connectivity index (χ4n) is 3.97. The van der Waals surface area contributed by atoms with E-state index in [-0.39, 0.29) is 17.8 Å². The molecule has 1 aliphatic rings. The highest BCUT2D eigenvalue weighted by atomic mass is 16.5. The molecule has 10 nitrogen and oxygen atoms in total. The van der Waals surface area contributed by atoms with E-state index in [0.717, 1.165) is 6.42 Å². The molecular weight excluding hydrogens is 436 g/mol. The summed E-state index contributed by atoms with van der Waals surface area (Å²) in [5.74, 6) is 1.77. The number of hydrogen-bond acceptors (Lipinski definition) is 8. The minimum Gasteiger partial charge on any atom is -0.494 e. The van der Waals surface area contributed by atoms with E-state index in [9.17, 15) is 9.90 Å². The normalized spacial score (nSPS) is 15.5. The fraction of sp³-hybridized carbons (Fsp3) is 0.417. The first kappa shape index (κ1) is 23.3. The molecule has 4 rings (SSSR count). The molecule has 0 radical (unpaired) electrons. The number of benzene rings is 1. The third kappa shape index (κ3) is 5.05. The van der Waals surface area contributed by atoms with Gasteiger partial charge < -0.3 is 29.8 Å². The van der Waals surface area contributed by atoms with Gasteiger partial charge in [-0.25, -0.2) is 9.97 Å². The number of amides is 1. The van der Waals surface area contributed by atoms with E-state index in [1.807, 2.05) is 18.7 Å². The van der Waals surface area contributed by atoms with Crippen molar-refractivity contribution < 1.29 is 19.4 Å². The number of nitrogens with one attached hydrogen (secondary N) is 2. The summed E-state index contributed by atoms with van der Waals surface area (Å²) >= 11 is 0. The summed E-state index contributed by atoms with van der Waals surface area (Å²) in [4.78, 5) is 30.7. The number of carbonyl (C=O) groups excluding carboxylic acids is 1. The van der Waals surface area contributed by atoms with Gasteiger partial charge in [-0.3, -0.25) is 9.79 Å². The molecule has 1 aromatic carbocycles. The van der Waals surface area contributed by atoms with Gasteiger partial charge in [0.25, 0.3) is 0 Å². The Hall–Kier alpha value is -3.82. The number of nitrogens with zero attached hydrogens (tertiary/aromatic N) is 4. The Balaban J connectivity index is 1.71. The Bertz CT molecular complexity index is 1190. The van der Waals surface area contributed by atoms with Crippen LogP contribution in [0.15, 0.2) is 29.5 Å². The zero-order chi connectivity index (χ0) is 24.1. The van der Waals surface area contributed by atoms with Crippen molar-refractivity contribution in [3.05, 3.63) is 30.1 Å². The largest absolute Gasteiger partial charge is 0.494 e. The molecule has 0 saturated heterocycles. The van der Waals surface area contributed by atoms with Gasteiger partial charge in [0.2, 0.25) is 5.91 Å². The van der Waals surface area contributed by atoms with E-state index < -0.39 is 0 Å². The minimum absolute atomic E-state index is 0.0433. The van der Waals surface area contributed by atoms with Gasteiger partial charge >= 0.3 is 0 Å². The highest BCUT2D eigenvalue weighted by Crippen LogP contribution is 2.33. The predicted octanol–water partition coefficient (Wildman–Crippen LogP) is 3.63. The second-order valence-electron chi connectivity index (χ2n) is 8.34. The SMILES string of the molecule is COc1ccc2cc1OCCCC(=O)N(C(C)C)CCCNc1ncnc3[nH]c(O)c(c13)C=N2. The number of methoxy groups -OCH3 is 1. The summed E-state index contributed by atoms with van der Waals surface area (Å²) in [5.41, 5.74) is 1.61. The highest BCUT2D eigenvalue weighted by molar-refractivity contribution is 6.06. The first-order chi connectivity index (χ1) is 16.5. The standard InChI is InChI=1S/C24H30N6O4/c1-15(2)30-10-5-9-25-22-21-17(24(32)29-23(21)28-14-27-22)13-26-16-7-8-18(33-3)19(12-16)34-11-4-6-20(30)31/h7-8,12-15,32H,4-6,9-11H2,1-3H3,(H2,25,27,28,29). The maximum absolute atomic E-state index is 12.8. The number of carbonyl (C=O) groups is 1. The van der Waals surface area contributed by atoms with Crippen LogP contribution in [0, 0.1) is 0 Å². The molecule has 0 unspecified atom stereocenters. The van der Waals surface area contributed by atoms with Crippen molar-refractivity contribution in [2.75, 3.05) is 32.1 Å². The van der Waals surface area contributed by atoms with E-state index in [2.05, 4.69) is 25.3 Å². The third-order valence-electron chi connectivity index (χ3n) is 5.70. The van der Waals surface area contributed by atoms with Crippen LogP contribution in [0.4, 0.5) is 11.5 Å². The molecule has 10 heteroatoms. The maximum atomic E-state index is 12.8. The Morgan fingerprint density at radius 1 is 1.24 bits per heavy atom. The molecule has 0 atom stereocenters. The number of fused-ring (bicyclic) bond motifs is 2.